The topological polar surface area (TPSA) is 58.6 Å². The van der Waals surface area contributed by atoms with Crippen molar-refractivity contribution < 1.29 is 5.21 Å². The smallest absolute Gasteiger partial charge is 0.0703 e. The van der Waals surface area contributed by atoms with Crippen LogP contribution in [0.2, 0.25) is 0 Å². The summed E-state index contributed by atoms with van der Waals surface area (Å²) in [6.07, 6.45) is 0.729. The van der Waals surface area contributed by atoms with Crippen LogP contribution in [0.5, 0.6) is 0 Å². The minimum Gasteiger partial charge on any atom is -0.411 e. The van der Waals surface area contributed by atoms with Crippen molar-refractivity contribution in [2.24, 2.45) is 10.9 Å². The fourth-order valence-corrected chi connectivity index (χ4v) is 0.256. The molecule has 0 saturated heterocycles. The standard InChI is InChI=1S/C4H10N2O/c1-2-4(3-5)6-7/h7H,2-3,5H2,1H3/b6-4+. The van der Waals surface area contributed by atoms with Gasteiger partial charge in [-0.2, -0.15) is 0 Å². The van der Waals surface area contributed by atoms with E-state index >= 15 is 0 Å². The van der Waals surface area contributed by atoms with Gasteiger partial charge in [-0.25, -0.2) is 0 Å². The Kier molecular flexibility index (Phi) is 3.32. The van der Waals surface area contributed by atoms with E-state index in [9.17, 15) is 0 Å². The first-order valence-corrected chi connectivity index (χ1v) is 2.25. The van der Waals surface area contributed by atoms with Gasteiger partial charge in [0.25, 0.3) is 0 Å². The van der Waals surface area contributed by atoms with Gasteiger partial charge < -0.3 is 10.9 Å². The van der Waals surface area contributed by atoms with Crippen LogP contribution in [-0.2, 0) is 0 Å². The van der Waals surface area contributed by atoms with E-state index in [0.29, 0.717) is 12.3 Å². The lowest BCUT2D eigenvalue weighted by Crippen LogP contribution is -2.11. The monoisotopic (exact) mass is 102 g/mol. The van der Waals surface area contributed by atoms with Crippen molar-refractivity contribution in [3.05, 3.63) is 0 Å². The van der Waals surface area contributed by atoms with Crippen molar-refractivity contribution in [1.82, 2.24) is 0 Å². The van der Waals surface area contributed by atoms with E-state index in [-0.39, 0.29) is 0 Å². The van der Waals surface area contributed by atoms with Gasteiger partial charge in [-0.1, -0.05) is 12.1 Å². The van der Waals surface area contributed by atoms with E-state index in [1.54, 1.807) is 0 Å². The molecule has 0 aliphatic rings. The fraction of sp³-hybridized carbons (Fsp3) is 0.750. The van der Waals surface area contributed by atoms with Crippen LogP contribution in [0.25, 0.3) is 0 Å². The van der Waals surface area contributed by atoms with Gasteiger partial charge in [-0.05, 0) is 6.42 Å². The summed E-state index contributed by atoms with van der Waals surface area (Å²) in [6, 6.07) is 0. The number of rotatable bonds is 2. The van der Waals surface area contributed by atoms with E-state index < -0.39 is 0 Å². The van der Waals surface area contributed by atoms with Gasteiger partial charge in [0.15, 0.2) is 0 Å². The van der Waals surface area contributed by atoms with E-state index in [4.69, 9.17) is 10.9 Å². The first kappa shape index (κ1) is 6.43. The second kappa shape index (κ2) is 3.61. The van der Waals surface area contributed by atoms with Crippen LogP contribution in [0.15, 0.2) is 5.16 Å². The highest BCUT2D eigenvalue weighted by Gasteiger charge is 1.87. The van der Waals surface area contributed by atoms with Gasteiger partial charge in [0.2, 0.25) is 0 Å². The van der Waals surface area contributed by atoms with E-state index in [0.717, 1.165) is 6.42 Å². The summed E-state index contributed by atoms with van der Waals surface area (Å²) in [5.74, 6) is 0. The largest absolute Gasteiger partial charge is 0.411 e. The fourth-order valence-electron chi connectivity index (χ4n) is 0.256. The molecular weight excluding hydrogens is 92.1 g/mol. The Hall–Kier alpha value is -0.570. The highest BCUT2D eigenvalue weighted by atomic mass is 16.4. The molecule has 0 rings (SSSR count). The molecule has 0 amide bonds. The molecule has 0 aromatic carbocycles. The number of oxime groups is 1. The van der Waals surface area contributed by atoms with Crippen molar-refractivity contribution in [2.75, 3.05) is 6.54 Å². The van der Waals surface area contributed by atoms with Crippen LogP contribution >= 0.6 is 0 Å². The molecule has 3 nitrogen and oxygen atoms in total. The average Bonchev–Trinajstić information content (AvgIpc) is 1.72. The first-order valence-electron chi connectivity index (χ1n) is 2.25. The van der Waals surface area contributed by atoms with Gasteiger partial charge in [0.05, 0.1) is 5.71 Å². The lowest BCUT2D eigenvalue weighted by Gasteiger charge is -1.89. The second-order valence-corrected chi connectivity index (χ2v) is 1.22. The third-order valence-electron chi connectivity index (χ3n) is 0.785. The summed E-state index contributed by atoms with van der Waals surface area (Å²) >= 11 is 0. The van der Waals surface area contributed by atoms with Crippen molar-refractivity contribution in [3.8, 4) is 0 Å². The molecule has 0 aliphatic heterocycles. The second-order valence-electron chi connectivity index (χ2n) is 1.22. The van der Waals surface area contributed by atoms with Gasteiger partial charge in [-0.15, -0.1) is 0 Å². The minimum atomic E-state index is 0.354. The van der Waals surface area contributed by atoms with Crippen molar-refractivity contribution in [3.63, 3.8) is 0 Å². The quantitative estimate of drug-likeness (QED) is 0.297. The first-order chi connectivity index (χ1) is 3.35. The molecule has 0 aromatic rings. The van der Waals surface area contributed by atoms with E-state index in [2.05, 4.69) is 5.16 Å². The Morgan fingerprint density at radius 3 is 2.43 bits per heavy atom. The maximum atomic E-state index is 8.03. The zero-order valence-electron chi connectivity index (χ0n) is 4.39. The molecule has 0 radical (unpaired) electrons. The van der Waals surface area contributed by atoms with Gasteiger partial charge in [0.1, 0.15) is 0 Å². The van der Waals surface area contributed by atoms with Gasteiger partial charge in [-0.3, -0.25) is 0 Å². The molecule has 0 aliphatic carbocycles. The minimum absolute atomic E-state index is 0.354. The summed E-state index contributed by atoms with van der Waals surface area (Å²) in [4.78, 5) is 0. The van der Waals surface area contributed by atoms with Crippen molar-refractivity contribution >= 4 is 5.71 Å². The van der Waals surface area contributed by atoms with E-state index in [1.165, 1.54) is 0 Å². The predicted molar refractivity (Wildman–Crippen MR) is 28.6 cm³/mol. The Labute approximate surface area is 42.8 Å². The highest BCUT2D eigenvalue weighted by Crippen LogP contribution is 1.78. The molecule has 3 N–H and O–H groups in total. The number of hydrogen-bond acceptors (Lipinski definition) is 3. The lowest BCUT2D eigenvalue weighted by atomic mass is 10.3. The zero-order valence-corrected chi connectivity index (χ0v) is 4.39. The van der Waals surface area contributed by atoms with E-state index in [1.807, 2.05) is 6.92 Å². The van der Waals surface area contributed by atoms with Gasteiger partial charge in [0, 0.05) is 6.54 Å². The number of nitrogens with two attached hydrogens (primary N) is 1. The highest BCUT2D eigenvalue weighted by molar-refractivity contribution is 5.85. The molecule has 0 heterocycles. The van der Waals surface area contributed by atoms with Gasteiger partial charge >= 0.3 is 0 Å². The lowest BCUT2D eigenvalue weighted by molar-refractivity contribution is 0.317. The summed E-state index contributed by atoms with van der Waals surface area (Å²) in [5, 5.41) is 11.0. The van der Waals surface area contributed by atoms with Crippen molar-refractivity contribution in [1.29, 1.82) is 0 Å². The van der Waals surface area contributed by atoms with Crippen LogP contribution in [-0.4, -0.2) is 17.5 Å². The molecule has 0 fully saturated rings. The molecule has 3 heteroatoms. The summed E-state index contributed by atoms with van der Waals surface area (Å²) in [7, 11) is 0. The zero-order chi connectivity index (χ0) is 5.70. The Morgan fingerprint density at radius 1 is 1.86 bits per heavy atom. The maximum absolute atomic E-state index is 8.03. The maximum Gasteiger partial charge on any atom is 0.0703 e. The number of nitrogens with zero attached hydrogens (tertiary/aromatic N) is 1. The third kappa shape index (κ3) is 2.17. The Bertz CT molecular complexity index is 64.1. The SMILES string of the molecule is CC/C(CN)=N\O. The normalized spacial score (nSPS) is 12.0. The molecule has 0 spiro atoms. The summed E-state index contributed by atoms with van der Waals surface area (Å²) < 4.78 is 0. The molecule has 0 unspecified atom stereocenters. The van der Waals surface area contributed by atoms with Crippen LogP contribution in [0.3, 0.4) is 0 Å². The summed E-state index contributed by atoms with van der Waals surface area (Å²) in [6.45, 7) is 2.24. The van der Waals surface area contributed by atoms with Crippen LogP contribution < -0.4 is 5.73 Å². The van der Waals surface area contributed by atoms with Crippen molar-refractivity contribution in [2.45, 2.75) is 13.3 Å². The number of hydrogen-bond donors (Lipinski definition) is 2. The molecule has 0 aromatic heterocycles. The molecule has 0 atom stereocenters. The Balaban J connectivity index is 3.38. The predicted octanol–water partition coefficient (Wildman–Crippen LogP) is 0.185. The molecule has 42 valence electrons. The van der Waals surface area contributed by atoms with Crippen LogP contribution in [0, 0.1) is 0 Å². The Morgan fingerprint density at radius 2 is 2.43 bits per heavy atom. The molecular formula is C4H10N2O. The third-order valence-corrected chi connectivity index (χ3v) is 0.785. The molecule has 0 bridgehead atoms. The van der Waals surface area contributed by atoms with Crippen LogP contribution in [0.4, 0.5) is 0 Å². The van der Waals surface area contributed by atoms with Crippen LogP contribution in [0.1, 0.15) is 13.3 Å². The summed E-state index contributed by atoms with van der Waals surface area (Å²) in [5.41, 5.74) is 5.74. The molecule has 0 saturated carbocycles. The average molecular weight is 102 g/mol. The molecule has 7 heavy (non-hydrogen) atoms.